The van der Waals surface area contributed by atoms with Gasteiger partial charge in [-0.3, -0.25) is 4.79 Å². The first kappa shape index (κ1) is 16.4. The van der Waals surface area contributed by atoms with Gasteiger partial charge >= 0.3 is 12.0 Å². The fraction of sp³-hybridized carbons (Fsp3) is 0.733. The second-order valence-electron chi connectivity index (χ2n) is 5.72. The Balaban J connectivity index is 2.82. The van der Waals surface area contributed by atoms with Gasteiger partial charge in [0.25, 0.3) is 0 Å². The molecule has 5 nitrogen and oxygen atoms in total. The molecular weight excluding hydrogens is 256 g/mol. The molecule has 0 atom stereocenters. The van der Waals surface area contributed by atoms with Crippen LogP contribution in [0.15, 0.2) is 0 Å². The van der Waals surface area contributed by atoms with Crippen LogP contribution in [-0.2, 0) is 4.79 Å². The zero-order chi connectivity index (χ0) is 15.1. The van der Waals surface area contributed by atoms with Crippen molar-refractivity contribution < 1.29 is 14.7 Å². The fourth-order valence-electron chi connectivity index (χ4n) is 2.64. The van der Waals surface area contributed by atoms with Gasteiger partial charge in [0.1, 0.15) is 6.54 Å². The lowest BCUT2D eigenvalue weighted by Crippen LogP contribution is -2.50. The normalized spacial score (nSPS) is 15.1. The highest BCUT2D eigenvalue weighted by Gasteiger charge is 2.30. The quantitative estimate of drug-likeness (QED) is 0.757. The summed E-state index contributed by atoms with van der Waals surface area (Å²) in [5.74, 6) is 1.67. The van der Waals surface area contributed by atoms with Gasteiger partial charge < -0.3 is 14.9 Å². The Bertz CT molecular complexity index is 381. The van der Waals surface area contributed by atoms with Crippen LogP contribution in [-0.4, -0.2) is 52.6 Å². The maximum atomic E-state index is 12.6. The molecule has 2 amide bonds. The van der Waals surface area contributed by atoms with Crippen LogP contribution < -0.4 is 0 Å². The largest absolute Gasteiger partial charge is 0.480 e. The lowest BCUT2D eigenvalue weighted by molar-refractivity contribution is -0.137. The van der Waals surface area contributed by atoms with Crippen molar-refractivity contribution in [2.24, 2.45) is 5.92 Å². The number of urea groups is 1. The lowest BCUT2D eigenvalue weighted by atomic mass is 10.1. The number of carboxylic acid groups (broad SMARTS) is 1. The predicted molar refractivity (Wildman–Crippen MR) is 77.2 cm³/mol. The summed E-state index contributed by atoms with van der Waals surface area (Å²) in [6, 6.07) is -0.0232. The van der Waals surface area contributed by atoms with Crippen molar-refractivity contribution in [2.75, 3.05) is 19.6 Å². The van der Waals surface area contributed by atoms with Gasteiger partial charge in [0.2, 0.25) is 0 Å². The second kappa shape index (κ2) is 7.78. The Kier molecular flexibility index (Phi) is 6.37. The van der Waals surface area contributed by atoms with Crippen molar-refractivity contribution >= 4 is 12.0 Å². The molecule has 20 heavy (non-hydrogen) atoms. The summed E-state index contributed by atoms with van der Waals surface area (Å²) in [5.41, 5.74) is 0. The predicted octanol–water partition coefficient (Wildman–Crippen LogP) is 2.03. The molecule has 1 aliphatic rings. The molecule has 112 valence electrons. The third kappa shape index (κ3) is 4.76. The average molecular weight is 280 g/mol. The van der Waals surface area contributed by atoms with Crippen LogP contribution in [0.4, 0.5) is 4.79 Å². The van der Waals surface area contributed by atoms with Gasteiger partial charge in [0.15, 0.2) is 0 Å². The molecule has 5 heteroatoms. The molecule has 1 N–H and O–H groups in total. The Morgan fingerprint density at radius 3 is 2.40 bits per heavy atom. The topological polar surface area (TPSA) is 60.9 Å². The van der Waals surface area contributed by atoms with Gasteiger partial charge in [0, 0.05) is 12.6 Å². The number of carbonyl (C=O) groups excluding carboxylic acids is 1. The highest BCUT2D eigenvalue weighted by molar-refractivity contribution is 5.80. The number of carboxylic acids is 1. The number of carbonyl (C=O) groups is 2. The zero-order valence-corrected chi connectivity index (χ0v) is 12.3. The molecule has 1 fully saturated rings. The van der Waals surface area contributed by atoms with Crippen molar-refractivity contribution in [1.29, 1.82) is 0 Å². The lowest BCUT2D eigenvalue weighted by Gasteiger charge is -2.34. The molecule has 0 unspecified atom stereocenters. The van der Waals surface area contributed by atoms with E-state index in [1.807, 2.05) is 4.90 Å². The third-order valence-electron chi connectivity index (χ3n) is 3.45. The molecule has 1 rings (SSSR count). The molecule has 1 aliphatic carbocycles. The Morgan fingerprint density at radius 1 is 1.35 bits per heavy atom. The van der Waals surface area contributed by atoms with E-state index in [1.165, 1.54) is 4.90 Å². The van der Waals surface area contributed by atoms with Gasteiger partial charge in [-0.05, 0) is 18.8 Å². The summed E-state index contributed by atoms with van der Waals surface area (Å²) in [6.45, 7) is 4.44. The van der Waals surface area contributed by atoms with Crippen molar-refractivity contribution in [2.45, 2.75) is 45.6 Å². The number of nitrogens with zero attached hydrogens (tertiary/aromatic N) is 2. The molecular formula is C15H24N2O3. The smallest absolute Gasteiger partial charge is 0.323 e. The Hall–Kier alpha value is -1.70. The Labute approximate surface area is 120 Å². The number of terminal acetylenes is 1. The molecule has 0 spiro atoms. The SMILES string of the molecule is C#CCN(CC(=O)O)C(=O)N(CC(C)C)C1CCCC1. The molecule has 0 saturated heterocycles. The first-order chi connectivity index (χ1) is 9.45. The monoisotopic (exact) mass is 280 g/mol. The number of hydrogen-bond acceptors (Lipinski definition) is 2. The van der Waals surface area contributed by atoms with Gasteiger partial charge in [-0.25, -0.2) is 4.79 Å². The van der Waals surface area contributed by atoms with Crippen LogP contribution in [0.1, 0.15) is 39.5 Å². The van der Waals surface area contributed by atoms with Crippen LogP contribution >= 0.6 is 0 Å². The van der Waals surface area contributed by atoms with E-state index in [9.17, 15) is 9.59 Å². The van der Waals surface area contributed by atoms with E-state index in [4.69, 9.17) is 11.5 Å². The average Bonchev–Trinajstić information content (AvgIpc) is 2.87. The van der Waals surface area contributed by atoms with E-state index in [-0.39, 0.29) is 25.2 Å². The van der Waals surface area contributed by atoms with Crippen LogP contribution in [0.5, 0.6) is 0 Å². The second-order valence-corrected chi connectivity index (χ2v) is 5.72. The standard InChI is InChI=1S/C15H24N2O3/c1-4-9-16(11-14(18)19)15(20)17(10-12(2)3)13-7-5-6-8-13/h1,12-13H,5-11H2,2-3H3,(H,18,19). The minimum absolute atomic E-state index is 0.0342. The summed E-state index contributed by atoms with van der Waals surface area (Å²) >= 11 is 0. The summed E-state index contributed by atoms with van der Waals surface area (Å²) in [6.07, 6.45) is 9.48. The highest BCUT2D eigenvalue weighted by Crippen LogP contribution is 2.25. The molecule has 0 bridgehead atoms. The number of hydrogen-bond donors (Lipinski definition) is 1. The van der Waals surface area contributed by atoms with Crippen LogP contribution in [0.2, 0.25) is 0 Å². The van der Waals surface area contributed by atoms with Gasteiger partial charge in [-0.2, -0.15) is 0 Å². The Morgan fingerprint density at radius 2 is 1.95 bits per heavy atom. The molecule has 0 aromatic carbocycles. The number of rotatable bonds is 6. The number of amides is 2. The van der Waals surface area contributed by atoms with Crippen LogP contribution in [0, 0.1) is 18.3 Å². The van der Waals surface area contributed by atoms with Gasteiger partial charge in [-0.15, -0.1) is 6.42 Å². The minimum Gasteiger partial charge on any atom is -0.480 e. The summed E-state index contributed by atoms with van der Waals surface area (Å²) in [5, 5.41) is 8.91. The summed E-state index contributed by atoms with van der Waals surface area (Å²) < 4.78 is 0. The highest BCUT2D eigenvalue weighted by atomic mass is 16.4. The third-order valence-corrected chi connectivity index (χ3v) is 3.45. The van der Waals surface area contributed by atoms with Crippen molar-refractivity contribution in [1.82, 2.24) is 9.80 Å². The zero-order valence-electron chi connectivity index (χ0n) is 12.3. The van der Waals surface area contributed by atoms with Gasteiger partial charge in [-0.1, -0.05) is 32.6 Å². The minimum atomic E-state index is -1.04. The molecule has 0 aromatic heterocycles. The van der Waals surface area contributed by atoms with Crippen molar-refractivity contribution in [3.63, 3.8) is 0 Å². The molecule has 0 aliphatic heterocycles. The molecule has 1 saturated carbocycles. The maximum Gasteiger partial charge on any atom is 0.323 e. The summed E-state index contributed by atoms with van der Waals surface area (Å²) in [7, 11) is 0. The van der Waals surface area contributed by atoms with Crippen LogP contribution in [0.25, 0.3) is 0 Å². The molecule has 0 radical (unpaired) electrons. The number of aliphatic carboxylic acids is 1. The van der Waals surface area contributed by atoms with Gasteiger partial charge in [0.05, 0.1) is 6.54 Å². The first-order valence-electron chi connectivity index (χ1n) is 7.16. The van der Waals surface area contributed by atoms with E-state index in [0.717, 1.165) is 25.7 Å². The van der Waals surface area contributed by atoms with E-state index in [2.05, 4.69) is 19.8 Å². The van der Waals surface area contributed by atoms with Crippen molar-refractivity contribution in [3.05, 3.63) is 0 Å². The van der Waals surface area contributed by atoms with E-state index in [1.54, 1.807) is 0 Å². The molecule has 0 heterocycles. The maximum absolute atomic E-state index is 12.6. The van der Waals surface area contributed by atoms with E-state index < -0.39 is 5.97 Å². The van der Waals surface area contributed by atoms with E-state index >= 15 is 0 Å². The van der Waals surface area contributed by atoms with Crippen LogP contribution in [0.3, 0.4) is 0 Å². The first-order valence-corrected chi connectivity index (χ1v) is 7.16. The van der Waals surface area contributed by atoms with E-state index in [0.29, 0.717) is 12.5 Å². The summed E-state index contributed by atoms with van der Waals surface area (Å²) in [4.78, 5) is 26.5. The van der Waals surface area contributed by atoms with Crippen molar-refractivity contribution in [3.8, 4) is 12.3 Å². The fourth-order valence-corrected chi connectivity index (χ4v) is 2.64. The molecule has 0 aromatic rings.